The third-order valence-corrected chi connectivity index (χ3v) is 2.16. The number of rotatable bonds is 5. The predicted molar refractivity (Wildman–Crippen MR) is 65.0 cm³/mol. The molecule has 1 aromatic rings. The van der Waals surface area contributed by atoms with Crippen molar-refractivity contribution in [2.45, 2.75) is 33.2 Å². The summed E-state index contributed by atoms with van der Waals surface area (Å²) in [6.45, 7) is 6.46. The minimum atomic E-state index is 0. The van der Waals surface area contributed by atoms with E-state index in [1.54, 1.807) is 0 Å². The Labute approximate surface area is 93.3 Å². The number of nitrogens with one attached hydrogen (secondary N) is 1. The standard InChI is InChI=1S/C12H19N.ClH/c1-3-4-9-13-10-12-7-5-11(2)6-8-12;/h5-8,13H,3-4,9-10H2,1-2H3;1H. The SMILES string of the molecule is CCCCNCc1ccc(C)cc1.Cl. The lowest BCUT2D eigenvalue weighted by molar-refractivity contribution is 0.641. The summed E-state index contributed by atoms with van der Waals surface area (Å²) in [4.78, 5) is 0. The molecular formula is C12H20ClN. The molecule has 0 saturated carbocycles. The summed E-state index contributed by atoms with van der Waals surface area (Å²) in [6.07, 6.45) is 2.53. The Morgan fingerprint density at radius 2 is 1.79 bits per heavy atom. The van der Waals surface area contributed by atoms with Crippen LogP contribution >= 0.6 is 12.4 Å². The average Bonchev–Trinajstić information content (AvgIpc) is 2.15. The second kappa shape index (κ2) is 7.84. The zero-order valence-electron chi connectivity index (χ0n) is 9.05. The van der Waals surface area contributed by atoms with Crippen molar-refractivity contribution in [1.82, 2.24) is 5.32 Å². The van der Waals surface area contributed by atoms with Crippen LogP contribution in [0.4, 0.5) is 0 Å². The fraction of sp³-hybridized carbons (Fsp3) is 0.500. The van der Waals surface area contributed by atoms with E-state index in [2.05, 4.69) is 43.4 Å². The van der Waals surface area contributed by atoms with E-state index in [0.29, 0.717) is 0 Å². The van der Waals surface area contributed by atoms with Crippen molar-refractivity contribution in [3.8, 4) is 0 Å². The fourth-order valence-electron chi connectivity index (χ4n) is 1.24. The van der Waals surface area contributed by atoms with Crippen molar-refractivity contribution < 1.29 is 0 Å². The molecule has 0 aliphatic carbocycles. The van der Waals surface area contributed by atoms with Crippen molar-refractivity contribution in [3.05, 3.63) is 35.4 Å². The highest BCUT2D eigenvalue weighted by Gasteiger charge is 1.90. The number of halogens is 1. The van der Waals surface area contributed by atoms with Gasteiger partial charge in [-0.3, -0.25) is 0 Å². The zero-order valence-corrected chi connectivity index (χ0v) is 9.86. The first-order valence-corrected chi connectivity index (χ1v) is 5.09. The second-order valence-electron chi connectivity index (χ2n) is 3.52. The van der Waals surface area contributed by atoms with Gasteiger partial charge in [-0.25, -0.2) is 0 Å². The molecule has 0 radical (unpaired) electrons. The molecule has 0 aromatic heterocycles. The largest absolute Gasteiger partial charge is 0.313 e. The molecule has 0 aliphatic rings. The maximum Gasteiger partial charge on any atom is 0.0205 e. The number of hydrogen-bond acceptors (Lipinski definition) is 1. The Hall–Kier alpha value is -0.530. The van der Waals surface area contributed by atoms with E-state index in [0.717, 1.165) is 13.1 Å². The van der Waals surface area contributed by atoms with Gasteiger partial charge in [-0.15, -0.1) is 12.4 Å². The summed E-state index contributed by atoms with van der Waals surface area (Å²) in [6, 6.07) is 8.70. The van der Waals surface area contributed by atoms with E-state index in [1.807, 2.05) is 0 Å². The van der Waals surface area contributed by atoms with E-state index in [9.17, 15) is 0 Å². The Balaban J connectivity index is 0.00000169. The van der Waals surface area contributed by atoms with E-state index < -0.39 is 0 Å². The van der Waals surface area contributed by atoms with Crippen molar-refractivity contribution in [2.24, 2.45) is 0 Å². The Morgan fingerprint density at radius 3 is 2.36 bits per heavy atom. The topological polar surface area (TPSA) is 12.0 Å². The highest BCUT2D eigenvalue weighted by Crippen LogP contribution is 2.02. The van der Waals surface area contributed by atoms with Crippen molar-refractivity contribution >= 4 is 12.4 Å². The van der Waals surface area contributed by atoms with Gasteiger partial charge in [-0.2, -0.15) is 0 Å². The molecule has 0 amide bonds. The molecule has 80 valence electrons. The summed E-state index contributed by atoms with van der Waals surface area (Å²) < 4.78 is 0. The van der Waals surface area contributed by atoms with Crippen LogP contribution in [0.15, 0.2) is 24.3 Å². The van der Waals surface area contributed by atoms with Crippen LogP contribution in [0.3, 0.4) is 0 Å². The van der Waals surface area contributed by atoms with Gasteiger partial charge < -0.3 is 5.32 Å². The first-order chi connectivity index (χ1) is 6.33. The normalized spacial score (nSPS) is 9.57. The molecular weight excluding hydrogens is 194 g/mol. The van der Waals surface area contributed by atoms with Crippen LogP contribution in [0.5, 0.6) is 0 Å². The molecule has 0 heterocycles. The lowest BCUT2D eigenvalue weighted by Crippen LogP contribution is -2.14. The van der Waals surface area contributed by atoms with Crippen LogP contribution in [-0.2, 0) is 6.54 Å². The number of unbranched alkanes of at least 4 members (excludes halogenated alkanes) is 1. The Bertz CT molecular complexity index is 231. The molecule has 2 heteroatoms. The van der Waals surface area contributed by atoms with Gasteiger partial charge in [0.05, 0.1) is 0 Å². The lowest BCUT2D eigenvalue weighted by Gasteiger charge is -2.03. The third-order valence-electron chi connectivity index (χ3n) is 2.16. The second-order valence-corrected chi connectivity index (χ2v) is 3.52. The monoisotopic (exact) mass is 213 g/mol. The van der Waals surface area contributed by atoms with Gasteiger partial charge in [0.1, 0.15) is 0 Å². The molecule has 14 heavy (non-hydrogen) atoms. The molecule has 0 saturated heterocycles. The van der Waals surface area contributed by atoms with Gasteiger partial charge in [0.15, 0.2) is 0 Å². The van der Waals surface area contributed by atoms with Crippen LogP contribution < -0.4 is 5.32 Å². The minimum absolute atomic E-state index is 0. The number of hydrogen-bond donors (Lipinski definition) is 1. The zero-order chi connectivity index (χ0) is 9.52. The van der Waals surface area contributed by atoms with Crippen molar-refractivity contribution in [1.29, 1.82) is 0 Å². The third kappa shape index (κ3) is 5.25. The van der Waals surface area contributed by atoms with Crippen LogP contribution in [0.1, 0.15) is 30.9 Å². The predicted octanol–water partition coefficient (Wildman–Crippen LogP) is 3.31. The fourth-order valence-corrected chi connectivity index (χ4v) is 1.24. The maximum absolute atomic E-state index is 3.42. The Morgan fingerprint density at radius 1 is 1.14 bits per heavy atom. The van der Waals surface area contributed by atoms with Gasteiger partial charge in [0.2, 0.25) is 0 Å². The van der Waals surface area contributed by atoms with E-state index >= 15 is 0 Å². The van der Waals surface area contributed by atoms with Crippen LogP contribution in [0.2, 0.25) is 0 Å². The quantitative estimate of drug-likeness (QED) is 0.741. The molecule has 1 rings (SSSR count). The number of aryl methyl sites for hydroxylation is 1. The van der Waals surface area contributed by atoms with Gasteiger partial charge in [-0.1, -0.05) is 43.2 Å². The van der Waals surface area contributed by atoms with Crippen molar-refractivity contribution in [2.75, 3.05) is 6.54 Å². The molecule has 0 fully saturated rings. The highest BCUT2D eigenvalue weighted by molar-refractivity contribution is 5.85. The van der Waals surface area contributed by atoms with Gasteiger partial charge >= 0.3 is 0 Å². The summed E-state index contributed by atoms with van der Waals surface area (Å²) in [5.74, 6) is 0. The molecule has 0 bridgehead atoms. The summed E-state index contributed by atoms with van der Waals surface area (Å²) >= 11 is 0. The highest BCUT2D eigenvalue weighted by atomic mass is 35.5. The lowest BCUT2D eigenvalue weighted by atomic mass is 10.1. The van der Waals surface area contributed by atoms with Gasteiger partial charge in [0, 0.05) is 6.54 Å². The van der Waals surface area contributed by atoms with Crippen LogP contribution in [0.25, 0.3) is 0 Å². The first kappa shape index (κ1) is 13.5. The van der Waals surface area contributed by atoms with Gasteiger partial charge in [-0.05, 0) is 25.5 Å². The summed E-state index contributed by atoms with van der Waals surface area (Å²) in [7, 11) is 0. The maximum atomic E-state index is 3.42. The summed E-state index contributed by atoms with van der Waals surface area (Å²) in [5.41, 5.74) is 2.71. The van der Waals surface area contributed by atoms with E-state index in [4.69, 9.17) is 0 Å². The average molecular weight is 214 g/mol. The molecule has 0 atom stereocenters. The number of benzene rings is 1. The van der Waals surface area contributed by atoms with Crippen molar-refractivity contribution in [3.63, 3.8) is 0 Å². The van der Waals surface area contributed by atoms with E-state index in [1.165, 1.54) is 24.0 Å². The minimum Gasteiger partial charge on any atom is -0.313 e. The van der Waals surface area contributed by atoms with Crippen LogP contribution in [0, 0.1) is 6.92 Å². The molecule has 0 aliphatic heterocycles. The van der Waals surface area contributed by atoms with Gasteiger partial charge in [0.25, 0.3) is 0 Å². The Kier molecular flexibility index (Phi) is 7.54. The smallest absolute Gasteiger partial charge is 0.0205 e. The molecule has 0 spiro atoms. The first-order valence-electron chi connectivity index (χ1n) is 5.09. The van der Waals surface area contributed by atoms with E-state index in [-0.39, 0.29) is 12.4 Å². The molecule has 1 nitrogen and oxygen atoms in total. The summed E-state index contributed by atoms with van der Waals surface area (Å²) in [5, 5.41) is 3.42. The molecule has 1 N–H and O–H groups in total. The molecule has 1 aromatic carbocycles. The molecule has 0 unspecified atom stereocenters. The van der Waals surface area contributed by atoms with Crippen LogP contribution in [-0.4, -0.2) is 6.54 Å².